The van der Waals surface area contributed by atoms with Crippen LogP contribution in [-0.2, 0) is 4.79 Å². The second-order valence-electron chi connectivity index (χ2n) is 6.11. The minimum absolute atomic E-state index is 0.0590. The molecule has 5 heteroatoms. The molecule has 0 bridgehead atoms. The maximum Gasteiger partial charge on any atom is 0.240 e. The summed E-state index contributed by atoms with van der Waals surface area (Å²) >= 11 is 0. The predicted molar refractivity (Wildman–Crippen MR) is 90.2 cm³/mol. The molecular formula is C19H18N2O3. The quantitative estimate of drug-likeness (QED) is 0.851. The second kappa shape index (κ2) is 5.67. The Kier molecular flexibility index (Phi) is 3.49. The first-order valence-corrected chi connectivity index (χ1v) is 7.96. The molecule has 2 aromatic rings. The van der Waals surface area contributed by atoms with Gasteiger partial charge >= 0.3 is 0 Å². The summed E-state index contributed by atoms with van der Waals surface area (Å²) in [5.41, 5.74) is 4.13. The molecule has 1 atom stereocenters. The van der Waals surface area contributed by atoms with Gasteiger partial charge in [-0.1, -0.05) is 29.8 Å². The Morgan fingerprint density at radius 1 is 1.12 bits per heavy atom. The Bertz CT molecular complexity index is 827. The third-order valence-electron chi connectivity index (χ3n) is 4.40. The lowest BCUT2D eigenvalue weighted by molar-refractivity contribution is -0.130. The first-order valence-electron chi connectivity index (χ1n) is 7.96. The van der Waals surface area contributed by atoms with E-state index >= 15 is 0 Å². The van der Waals surface area contributed by atoms with Gasteiger partial charge in [-0.25, -0.2) is 5.01 Å². The van der Waals surface area contributed by atoms with E-state index in [4.69, 9.17) is 9.47 Å². The Hall–Kier alpha value is -2.82. The zero-order valence-electron chi connectivity index (χ0n) is 13.7. The largest absolute Gasteiger partial charge is 0.454 e. The number of ether oxygens (including phenoxy) is 2. The van der Waals surface area contributed by atoms with Crippen LogP contribution in [0.2, 0.25) is 0 Å². The summed E-state index contributed by atoms with van der Waals surface area (Å²) in [7, 11) is 0. The highest BCUT2D eigenvalue weighted by atomic mass is 16.7. The van der Waals surface area contributed by atoms with E-state index in [0.29, 0.717) is 6.42 Å². The van der Waals surface area contributed by atoms with Crippen LogP contribution in [0.4, 0.5) is 0 Å². The fourth-order valence-corrected chi connectivity index (χ4v) is 3.10. The summed E-state index contributed by atoms with van der Waals surface area (Å²) in [6.45, 7) is 3.85. The van der Waals surface area contributed by atoms with E-state index in [-0.39, 0.29) is 18.7 Å². The minimum atomic E-state index is -0.0662. The molecule has 0 aliphatic carbocycles. The van der Waals surface area contributed by atoms with Crippen LogP contribution in [0.15, 0.2) is 47.6 Å². The molecule has 4 rings (SSSR count). The summed E-state index contributed by atoms with van der Waals surface area (Å²) in [5.74, 6) is 1.41. The molecular weight excluding hydrogens is 304 g/mol. The fourth-order valence-electron chi connectivity index (χ4n) is 3.10. The van der Waals surface area contributed by atoms with Crippen LogP contribution in [0, 0.1) is 6.92 Å². The molecule has 24 heavy (non-hydrogen) atoms. The van der Waals surface area contributed by atoms with Gasteiger partial charge in [-0.15, -0.1) is 0 Å². The van der Waals surface area contributed by atoms with Crippen LogP contribution >= 0.6 is 0 Å². The van der Waals surface area contributed by atoms with Crippen molar-refractivity contribution in [1.82, 2.24) is 5.01 Å². The van der Waals surface area contributed by atoms with Crippen molar-refractivity contribution < 1.29 is 14.3 Å². The Morgan fingerprint density at radius 2 is 1.88 bits per heavy atom. The number of hydrazone groups is 1. The van der Waals surface area contributed by atoms with Gasteiger partial charge in [0.25, 0.3) is 0 Å². The van der Waals surface area contributed by atoms with Crippen molar-refractivity contribution in [2.45, 2.75) is 26.3 Å². The SMILES string of the molecule is CC(=O)N1N=C(c2ccc3c(c2)OCO3)C[C@@H]1c1ccc(C)cc1. The number of hydrogen-bond donors (Lipinski definition) is 0. The number of aryl methyl sites for hydroxylation is 1. The monoisotopic (exact) mass is 322 g/mol. The van der Waals surface area contributed by atoms with Gasteiger partial charge in [-0.3, -0.25) is 4.79 Å². The molecule has 5 nitrogen and oxygen atoms in total. The van der Waals surface area contributed by atoms with Gasteiger partial charge in [0.15, 0.2) is 11.5 Å². The maximum atomic E-state index is 12.0. The smallest absolute Gasteiger partial charge is 0.240 e. The van der Waals surface area contributed by atoms with Gasteiger partial charge in [-0.2, -0.15) is 5.10 Å². The van der Waals surface area contributed by atoms with E-state index in [9.17, 15) is 4.79 Å². The number of nitrogens with zero attached hydrogens (tertiary/aromatic N) is 2. The lowest BCUT2D eigenvalue weighted by atomic mass is 9.97. The molecule has 1 amide bonds. The molecule has 2 aromatic carbocycles. The molecule has 0 saturated heterocycles. The van der Waals surface area contributed by atoms with E-state index < -0.39 is 0 Å². The van der Waals surface area contributed by atoms with Crippen molar-refractivity contribution in [3.05, 3.63) is 59.2 Å². The average Bonchev–Trinajstić information content (AvgIpc) is 3.21. The maximum absolute atomic E-state index is 12.0. The average molecular weight is 322 g/mol. The van der Waals surface area contributed by atoms with E-state index in [1.807, 2.05) is 18.2 Å². The van der Waals surface area contributed by atoms with E-state index in [1.165, 1.54) is 5.56 Å². The molecule has 2 aliphatic heterocycles. The topological polar surface area (TPSA) is 51.1 Å². The Morgan fingerprint density at radius 3 is 2.62 bits per heavy atom. The van der Waals surface area contributed by atoms with E-state index in [1.54, 1.807) is 11.9 Å². The van der Waals surface area contributed by atoms with Crippen LogP contribution in [0.5, 0.6) is 11.5 Å². The van der Waals surface area contributed by atoms with Gasteiger partial charge in [0.05, 0.1) is 11.8 Å². The molecule has 122 valence electrons. The first kappa shape index (κ1) is 14.8. The summed E-state index contributed by atoms with van der Waals surface area (Å²) in [6.07, 6.45) is 0.683. The van der Waals surface area contributed by atoms with Gasteiger partial charge < -0.3 is 9.47 Å². The van der Waals surface area contributed by atoms with Crippen LogP contribution in [0.25, 0.3) is 0 Å². The number of hydrogen-bond acceptors (Lipinski definition) is 4. The van der Waals surface area contributed by atoms with Crippen molar-refractivity contribution in [2.75, 3.05) is 6.79 Å². The number of carbonyl (C=O) groups excluding carboxylic acids is 1. The molecule has 0 aromatic heterocycles. The van der Waals surface area contributed by atoms with Crippen molar-refractivity contribution in [3.63, 3.8) is 0 Å². The Labute approximate surface area is 140 Å². The van der Waals surface area contributed by atoms with E-state index in [2.05, 4.69) is 36.3 Å². The summed E-state index contributed by atoms with van der Waals surface area (Å²) in [6, 6.07) is 14.0. The third kappa shape index (κ3) is 2.52. The van der Waals surface area contributed by atoms with Gasteiger partial charge in [0.1, 0.15) is 0 Å². The van der Waals surface area contributed by atoms with Gasteiger partial charge in [0, 0.05) is 18.9 Å². The number of fused-ring (bicyclic) bond motifs is 1. The highest BCUT2D eigenvalue weighted by molar-refractivity contribution is 6.03. The molecule has 2 heterocycles. The molecule has 2 aliphatic rings. The van der Waals surface area contributed by atoms with Crippen LogP contribution in [-0.4, -0.2) is 23.4 Å². The number of amides is 1. The predicted octanol–water partition coefficient (Wildman–Crippen LogP) is 3.42. The number of carbonyl (C=O) groups is 1. The van der Waals surface area contributed by atoms with Crippen LogP contribution < -0.4 is 9.47 Å². The normalized spacial score (nSPS) is 18.7. The first-order chi connectivity index (χ1) is 11.6. The number of rotatable bonds is 2. The highest BCUT2D eigenvalue weighted by Crippen LogP contribution is 2.37. The van der Waals surface area contributed by atoms with Crippen molar-refractivity contribution in [3.8, 4) is 11.5 Å². The summed E-state index contributed by atoms with van der Waals surface area (Å²) in [5, 5.41) is 6.14. The standard InChI is InChI=1S/C19H18N2O3/c1-12-3-5-14(6-4-12)17-10-16(20-21(17)13(2)22)15-7-8-18-19(9-15)24-11-23-18/h3-9,17H,10-11H2,1-2H3/t17-/m1/s1. The lowest BCUT2D eigenvalue weighted by Gasteiger charge is -2.20. The van der Waals surface area contributed by atoms with Crippen molar-refractivity contribution >= 4 is 11.6 Å². The third-order valence-corrected chi connectivity index (χ3v) is 4.40. The molecule has 0 saturated carbocycles. The molecule has 0 unspecified atom stereocenters. The van der Waals surface area contributed by atoms with Crippen LogP contribution in [0.3, 0.4) is 0 Å². The van der Waals surface area contributed by atoms with E-state index in [0.717, 1.165) is 28.3 Å². The van der Waals surface area contributed by atoms with Gasteiger partial charge in [0.2, 0.25) is 12.7 Å². The number of benzene rings is 2. The second-order valence-corrected chi connectivity index (χ2v) is 6.11. The van der Waals surface area contributed by atoms with Crippen molar-refractivity contribution in [2.24, 2.45) is 5.10 Å². The van der Waals surface area contributed by atoms with Gasteiger partial charge in [-0.05, 0) is 30.7 Å². The fraction of sp³-hybridized carbons (Fsp3) is 0.263. The highest BCUT2D eigenvalue weighted by Gasteiger charge is 2.31. The minimum Gasteiger partial charge on any atom is -0.454 e. The zero-order chi connectivity index (χ0) is 16.7. The Balaban J connectivity index is 1.66. The van der Waals surface area contributed by atoms with Crippen molar-refractivity contribution in [1.29, 1.82) is 0 Å². The molecule has 0 spiro atoms. The summed E-state index contributed by atoms with van der Waals surface area (Å²) < 4.78 is 10.8. The molecule has 0 N–H and O–H groups in total. The molecule has 0 fully saturated rings. The van der Waals surface area contributed by atoms with Crippen LogP contribution in [0.1, 0.15) is 36.1 Å². The zero-order valence-corrected chi connectivity index (χ0v) is 13.7. The molecule has 0 radical (unpaired) electrons. The summed E-state index contributed by atoms with van der Waals surface area (Å²) in [4.78, 5) is 12.0. The lowest BCUT2D eigenvalue weighted by Crippen LogP contribution is -2.24.